The maximum atomic E-state index is 12.7. The highest BCUT2D eigenvalue weighted by Gasteiger charge is 2.21. The summed E-state index contributed by atoms with van der Waals surface area (Å²) in [6, 6.07) is 9.82. The van der Waals surface area contributed by atoms with E-state index in [2.05, 4.69) is 4.98 Å². The number of aromatic nitrogens is 2. The van der Waals surface area contributed by atoms with E-state index in [1.807, 2.05) is 0 Å². The highest BCUT2D eigenvalue weighted by Crippen LogP contribution is 2.24. The third-order valence-corrected chi connectivity index (χ3v) is 5.24. The van der Waals surface area contributed by atoms with E-state index in [4.69, 9.17) is 23.2 Å². The Morgan fingerprint density at radius 2 is 1.86 bits per heavy atom. The number of nitrogens with zero attached hydrogens (tertiary/aromatic N) is 3. The Kier molecular flexibility index (Phi) is 4.91. The lowest BCUT2D eigenvalue weighted by Crippen LogP contribution is -2.25. The normalized spacial score (nSPS) is 14.1. The third kappa shape index (κ3) is 3.41. The molecular formula is C20H15Cl2N3O3. The van der Waals surface area contributed by atoms with Crippen molar-refractivity contribution in [3.63, 3.8) is 0 Å². The summed E-state index contributed by atoms with van der Waals surface area (Å²) < 4.78 is 1.23. The molecule has 1 aromatic heterocycles. The number of carbonyl (C=O) groups excluding carboxylic acids is 2. The molecule has 3 aromatic rings. The Labute approximate surface area is 170 Å². The highest BCUT2D eigenvalue weighted by atomic mass is 35.5. The standard InChI is InChI=1S/C20H15Cl2N3O3/c21-13-8-15-19(16(22)9-13)23-11-24(20(15)28)10-17(26)12-3-5-14(6-4-12)25-7-1-2-18(25)27/h3-6,8-9,11H,1-2,7,10H2. The summed E-state index contributed by atoms with van der Waals surface area (Å²) in [6.45, 7) is 0.531. The summed E-state index contributed by atoms with van der Waals surface area (Å²) >= 11 is 12.1. The van der Waals surface area contributed by atoms with Gasteiger partial charge in [0.15, 0.2) is 5.78 Å². The van der Waals surface area contributed by atoms with E-state index in [0.29, 0.717) is 29.1 Å². The molecule has 4 rings (SSSR count). The van der Waals surface area contributed by atoms with Crippen molar-refractivity contribution in [2.45, 2.75) is 19.4 Å². The number of amides is 1. The summed E-state index contributed by atoms with van der Waals surface area (Å²) in [4.78, 5) is 43.0. The van der Waals surface area contributed by atoms with Crippen molar-refractivity contribution >= 4 is 51.5 Å². The van der Waals surface area contributed by atoms with Crippen LogP contribution in [0.15, 0.2) is 47.5 Å². The van der Waals surface area contributed by atoms with E-state index in [1.165, 1.54) is 23.0 Å². The van der Waals surface area contributed by atoms with Crippen LogP contribution < -0.4 is 10.5 Å². The van der Waals surface area contributed by atoms with Crippen molar-refractivity contribution in [3.05, 3.63) is 68.7 Å². The lowest BCUT2D eigenvalue weighted by molar-refractivity contribution is -0.117. The number of carbonyl (C=O) groups is 2. The number of anilines is 1. The van der Waals surface area contributed by atoms with Gasteiger partial charge in [-0.3, -0.25) is 19.0 Å². The zero-order valence-corrected chi connectivity index (χ0v) is 16.2. The van der Waals surface area contributed by atoms with Gasteiger partial charge in [-0.2, -0.15) is 0 Å². The number of halogens is 2. The van der Waals surface area contributed by atoms with E-state index in [-0.39, 0.29) is 34.2 Å². The molecule has 0 atom stereocenters. The van der Waals surface area contributed by atoms with Crippen molar-refractivity contribution in [2.75, 3.05) is 11.4 Å². The Balaban J connectivity index is 1.59. The van der Waals surface area contributed by atoms with Crippen LogP contribution in [0.2, 0.25) is 10.0 Å². The van der Waals surface area contributed by atoms with Gasteiger partial charge in [-0.05, 0) is 42.8 Å². The van der Waals surface area contributed by atoms with E-state index in [1.54, 1.807) is 29.2 Å². The number of hydrogen-bond donors (Lipinski definition) is 0. The van der Waals surface area contributed by atoms with Crippen LogP contribution in [0.3, 0.4) is 0 Å². The average Bonchev–Trinajstić information content (AvgIpc) is 3.10. The zero-order chi connectivity index (χ0) is 19.8. The maximum absolute atomic E-state index is 12.7. The molecule has 0 radical (unpaired) electrons. The molecule has 1 aliphatic rings. The van der Waals surface area contributed by atoms with Gasteiger partial charge in [-0.15, -0.1) is 0 Å². The van der Waals surface area contributed by atoms with E-state index < -0.39 is 0 Å². The van der Waals surface area contributed by atoms with Gasteiger partial charge in [-0.1, -0.05) is 23.2 Å². The first-order valence-corrected chi connectivity index (χ1v) is 9.47. The molecule has 0 saturated carbocycles. The predicted molar refractivity (Wildman–Crippen MR) is 108 cm³/mol. The monoisotopic (exact) mass is 415 g/mol. The fourth-order valence-electron chi connectivity index (χ4n) is 3.30. The fraction of sp³-hybridized carbons (Fsp3) is 0.200. The molecular weight excluding hydrogens is 401 g/mol. The number of hydrogen-bond acceptors (Lipinski definition) is 4. The summed E-state index contributed by atoms with van der Waals surface area (Å²) in [6.07, 6.45) is 2.69. The SMILES string of the molecule is O=C(Cn1cnc2c(Cl)cc(Cl)cc2c1=O)c1ccc(N2CCCC2=O)cc1. The van der Waals surface area contributed by atoms with E-state index in [0.717, 1.165) is 12.1 Å². The fourth-order valence-corrected chi connectivity index (χ4v) is 3.84. The molecule has 6 nitrogen and oxygen atoms in total. The van der Waals surface area contributed by atoms with Gasteiger partial charge in [-0.25, -0.2) is 4.98 Å². The maximum Gasteiger partial charge on any atom is 0.261 e. The molecule has 2 heterocycles. The molecule has 1 aliphatic heterocycles. The molecule has 0 bridgehead atoms. The minimum absolute atomic E-state index is 0.0881. The van der Waals surface area contributed by atoms with Crippen molar-refractivity contribution in [1.82, 2.24) is 9.55 Å². The van der Waals surface area contributed by atoms with Crippen molar-refractivity contribution in [1.29, 1.82) is 0 Å². The summed E-state index contributed by atoms with van der Waals surface area (Å²) in [5.41, 5.74) is 1.18. The lowest BCUT2D eigenvalue weighted by Gasteiger charge is -2.15. The summed E-state index contributed by atoms with van der Waals surface area (Å²) in [5.74, 6) is -0.152. The summed E-state index contributed by atoms with van der Waals surface area (Å²) in [5, 5.41) is 0.869. The molecule has 8 heteroatoms. The van der Waals surface area contributed by atoms with Gasteiger partial charge in [0.1, 0.15) is 0 Å². The number of ketones is 1. The second-order valence-corrected chi connectivity index (χ2v) is 7.42. The van der Waals surface area contributed by atoms with Gasteiger partial charge < -0.3 is 4.90 Å². The molecule has 0 N–H and O–H groups in total. The third-order valence-electron chi connectivity index (χ3n) is 4.73. The van der Waals surface area contributed by atoms with Gasteiger partial charge in [0, 0.05) is 29.2 Å². The zero-order valence-electron chi connectivity index (χ0n) is 14.7. The summed E-state index contributed by atoms with van der Waals surface area (Å²) in [7, 11) is 0. The first-order chi connectivity index (χ1) is 13.4. The second-order valence-electron chi connectivity index (χ2n) is 6.58. The molecule has 2 aromatic carbocycles. The minimum atomic E-state index is -0.387. The molecule has 0 spiro atoms. The van der Waals surface area contributed by atoms with Crippen molar-refractivity contribution < 1.29 is 9.59 Å². The number of rotatable bonds is 4. The molecule has 1 amide bonds. The lowest BCUT2D eigenvalue weighted by atomic mass is 10.1. The first-order valence-electron chi connectivity index (χ1n) is 8.72. The number of fused-ring (bicyclic) bond motifs is 1. The average molecular weight is 416 g/mol. The molecule has 0 unspecified atom stereocenters. The van der Waals surface area contributed by atoms with Crippen molar-refractivity contribution in [2.24, 2.45) is 0 Å². The Morgan fingerprint density at radius 3 is 2.54 bits per heavy atom. The van der Waals surface area contributed by atoms with Crippen molar-refractivity contribution in [3.8, 4) is 0 Å². The molecule has 0 aliphatic carbocycles. The number of Topliss-reactive ketones (excluding diaryl/α,β-unsaturated/α-hetero) is 1. The van der Waals surface area contributed by atoms with Crippen LogP contribution in [-0.2, 0) is 11.3 Å². The van der Waals surface area contributed by atoms with Crippen LogP contribution >= 0.6 is 23.2 Å². The largest absolute Gasteiger partial charge is 0.312 e. The van der Waals surface area contributed by atoms with Crippen LogP contribution in [-0.4, -0.2) is 27.8 Å². The Hall–Kier alpha value is -2.70. The van der Waals surface area contributed by atoms with Gasteiger partial charge >= 0.3 is 0 Å². The van der Waals surface area contributed by atoms with Gasteiger partial charge in [0.05, 0.1) is 28.8 Å². The Bertz CT molecular complexity index is 1160. The molecule has 28 heavy (non-hydrogen) atoms. The van der Waals surface area contributed by atoms with Crippen LogP contribution in [0.1, 0.15) is 23.2 Å². The van der Waals surface area contributed by atoms with Crippen LogP contribution in [0.5, 0.6) is 0 Å². The van der Waals surface area contributed by atoms with Crippen LogP contribution in [0.25, 0.3) is 10.9 Å². The predicted octanol–water partition coefficient (Wildman–Crippen LogP) is 3.71. The van der Waals surface area contributed by atoms with E-state index in [9.17, 15) is 14.4 Å². The Morgan fingerprint density at radius 1 is 1.11 bits per heavy atom. The van der Waals surface area contributed by atoms with E-state index >= 15 is 0 Å². The molecule has 1 saturated heterocycles. The van der Waals surface area contributed by atoms with Gasteiger partial charge in [0.25, 0.3) is 5.56 Å². The quantitative estimate of drug-likeness (QED) is 0.608. The first kappa shape index (κ1) is 18.7. The van der Waals surface area contributed by atoms with Gasteiger partial charge in [0.2, 0.25) is 5.91 Å². The van der Waals surface area contributed by atoms with Crippen LogP contribution in [0.4, 0.5) is 5.69 Å². The highest BCUT2D eigenvalue weighted by molar-refractivity contribution is 6.38. The number of benzene rings is 2. The molecule has 1 fully saturated rings. The smallest absolute Gasteiger partial charge is 0.261 e. The second kappa shape index (κ2) is 7.37. The minimum Gasteiger partial charge on any atom is -0.312 e. The topological polar surface area (TPSA) is 72.3 Å². The molecule has 142 valence electrons. The van der Waals surface area contributed by atoms with Crippen LogP contribution in [0, 0.1) is 0 Å².